The van der Waals surface area contributed by atoms with Crippen molar-refractivity contribution in [2.45, 2.75) is 24.7 Å². The molecule has 1 atom stereocenters. The fraction of sp³-hybridized carbons (Fsp3) is 0.462. The molecule has 106 valence electrons. The summed E-state index contributed by atoms with van der Waals surface area (Å²) in [6, 6.07) is 6.12. The van der Waals surface area contributed by atoms with Gasteiger partial charge in [0, 0.05) is 18.4 Å². The van der Waals surface area contributed by atoms with Crippen LogP contribution in [0.1, 0.15) is 19.8 Å². The molecule has 1 aromatic rings. The van der Waals surface area contributed by atoms with Gasteiger partial charge in [0.1, 0.15) is 0 Å². The van der Waals surface area contributed by atoms with Crippen molar-refractivity contribution in [2.24, 2.45) is 11.7 Å². The minimum absolute atomic E-state index is 0.107. The Balaban J connectivity index is 2.66. The largest absolute Gasteiger partial charge is 0.330 e. The molecule has 0 aliphatic rings. The van der Waals surface area contributed by atoms with Crippen molar-refractivity contribution in [1.82, 2.24) is 0 Å². The Morgan fingerprint density at radius 3 is 2.32 bits per heavy atom. The summed E-state index contributed by atoms with van der Waals surface area (Å²) in [6.07, 6.45) is 2.38. The van der Waals surface area contributed by atoms with Crippen LogP contribution in [0.2, 0.25) is 0 Å². The molecule has 1 aromatic carbocycles. The standard InChI is InChI=1S/C13H20N2O3S/c1-3-10(9-14)8-13(16)15-11-4-6-12(7-5-11)19(2,17)18/h4-7,10H,3,8-9,14H2,1-2H3,(H,15,16). The molecule has 5 nitrogen and oxygen atoms in total. The molecule has 0 aromatic heterocycles. The van der Waals surface area contributed by atoms with Gasteiger partial charge in [0.05, 0.1) is 4.90 Å². The third-order valence-corrected chi connectivity index (χ3v) is 4.08. The molecule has 19 heavy (non-hydrogen) atoms. The molecule has 0 saturated heterocycles. The fourth-order valence-electron chi connectivity index (χ4n) is 1.65. The second-order valence-corrected chi connectivity index (χ2v) is 6.57. The van der Waals surface area contributed by atoms with Crippen LogP contribution >= 0.6 is 0 Å². The van der Waals surface area contributed by atoms with Gasteiger partial charge in [-0.2, -0.15) is 0 Å². The van der Waals surface area contributed by atoms with E-state index in [4.69, 9.17) is 5.73 Å². The van der Waals surface area contributed by atoms with Crippen LogP contribution in [0, 0.1) is 5.92 Å². The van der Waals surface area contributed by atoms with Crippen molar-refractivity contribution in [3.8, 4) is 0 Å². The van der Waals surface area contributed by atoms with E-state index < -0.39 is 9.84 Å². The molecule has 0 saturated carbocycles. The van der Waals surface area contributed by atoms with Crippen LogP contribution in [0.3, 0.4) is 0 Å². The molecule has 0 bridgehead atoms. The van der Waals surface area contributed by atoms with Crippen molar-refractivity contribution >= 4 is 21.4 Å². The Hall–Kier alpha value is -1.40. The second-order valence-electron chi connectivity index (χ2n) is 4.56. The molecule has 0 spiro atoms. The predicted octanol–water partition coefficient (Wildman–Crippen LogP) is 1.40. The Kier molecular flexibility index (Phi) is 5.50. The molecular formula is C13H20N2O3S. The summed E-state index contributed by atoms with van der Waals surface area (Å²) in [7, 11) is -3.20. The first-order chi connectivity index (χ1) is 8.86. The van der Waals surface area contributed by atoms with Crippen molar-refractivity contribution in [3.05, 3.63) is 24.3 Å². The highest BCUT2D eigenvalue weighted by Crippen LogP contribution is 2.15. The molecule has 0 aliphatic heterocycles. The molecular weight excluding hydrogens is 264 g/mol. The number of carbonyl (C=O) groups excluding carboxylic acids is 1. The Morgan fingerprint density at radius 2 is 1.89 bits per heavy atom. The van der Waals surface area contributed by atoms with Crippen LogP contribution < -0.4 is 11.1 Å². The molecule has 0 fully saturated rings. The van der Waals surface area contributed by atoms with E-state index in [1.807, 2.05) is 6.92 Å². The van der Waals surface area contributed by atoms with Gasteiger partial charge in [0.15, 0.2) is 9.84 Å². The van der Waals surface area contributed by atoms with Gasteiger partial charge >= 0.3 is 0 Å². The van der Waals surface area contributed by atoms with Gasteiger partial charge in [-0.05, 0) is 36.7 Å². The molecule has 0 aliphatic carbocycles. The van der Waals surface area contributed by atoms with Gasteiger partial charge in [-0.25, -0.2) is 8.42 Å². The minimum atomic E-state index is -3.20. The maximum Gasteiger partial charge on any atom is 0.224 e. The van der Waals surface area contributed by atoms with E-state index in [9.17, 15) is 13.2 Å². The Morgan fingerprint density at radius 1 is 1.32 bits per heavy atom. The summed E-state index contributed by atoms with van der Waals surface area (Å²) in [5.41, 5.74) is 6.13. The Labute approximate surface area is 114 Å². The number of hydrogen-bond donors (Lipinski definition) is 2. The molecule has 0 radical (unpaired) electrons. The number of anilines is 1. The maximum atomic E-state index is 11.7. The smallest absolute Gasteiger partial charge is 0.224 e. The third-order valence-electron chi connectivity index (χ3n) is 2.95. The van der Waals surface area contributed by atoms with Gasteiger partial charge < -0.3 is 11.1 Å². The third kappa shape index (κ3) is 5.00. The molecule has 1 unspecified atom stereocenters. The van der Waals surface area contributed by atoms with Gasteiger partial charge in [-0.3, -0.25) is 4.79 Å². The first-order valence-electron chi connectivity index (χ1n) is 6.16. The Bertz CT molecular complexity index is 519. The lowest BCUT2D eigenvalue weighted by atomic mass is 10.0. The van der Waals surface area contributed by atoms with Crippen molar-refractivity contribution < 1.29 is 13.2 Å². The SMILES string of the molecule is CCC(CN)CC(=O)Nc1ccc(S(C)(=O)=O)cc1. The average Bonchev–Trinajstić information content (AvgIpc) is 2.35. The van der Waals surface area contributed by atoms with Crippen molar-refractivity contribution in [3.63, 3.8) is 0 Å². The summed E-state index contributed by atoms with van der Waals surface area (Å²) < 4.78 is 22.6. The highest BCUT2D eigenvalue weighted by Gasteiger charge is 2.11. The number of rotatable bonds is 6. The molecule has 1 amide bonds. The average molecular weight is 284 g/mol. The summed E-state index contributed by atoms with van der Waals surface area (Å²) in [5, 5.41) is 2.73. The molecule has 1 rings (SSSR count). The number of amides is 1. The van der Waals surface area contributed by atoms with Crippen molar-refractivity contribution in [2.75, 3.05) is 18.1 Å². The molecule has 6 heteroatoms. The van der Waals surface area contributed by atoms with Crippen LogP contribution in [-0.4, -0.2) is 27.1 Å². The molecule has 0 heterocycles. The van der Waals surface area contributed by atoms with Crippen molar-refractivity contribution in [1.29, 1.82) is 0 Å². The van der Waals surface area contributed by atoms with Crippen LogP contribution in [0.5, 0.6) is 0 Å². The minimum Gasteiger partial charge on any atom is -0.330 e. The van der Waals surface area contributed by atoms with Gasteiger partial charge in [-0.1, -0.05) is 13.3 Å². The highest BCUT2D eigenvalue weighted by molar-refractivity contribution is 7.90. The fourth-order valence-corrected chi connectivity index (χ4v) is 2.28. The number of nitrogens with one attached hydrogen (secondary N) is 1. The zero-order chi connectivity index (χ0) is 14.5. The number of benzene rings is 1. The normalized spacial score (nSPS) is 13.0. The van der Waals surface area contributed by atoms with Gasteiger partial charge in [-0.15, -0.1) is 0 Å². The van der Waals surface area contributed by atoms with E-state index in [0.717, 1.165) is 12.7 Å². The molecule has 3 N–H and O–H groups in total. The van der Waals surface area contributed by atoms with Crippen LogP contribution in [0.4, 0.5) is 5.69 Å². The van der Waals surface area contributed by atoms with Gasteiger partial charge in [0.25, 0.3) is 0 Å². The van der Waals surface area contributed by atoms with Gasteiger partial charge in [0.2, 0.25) is 5.91 Å². The zero-order valence-corrected chi connectivity index (χ0v) is 12.0. The van der Waals surface area contributed by atoms with E-state index in [1.54, 1.807) is 12.1 Å². The zero-order valence-electron chi connectivity index (χ0n) is 11.2. The number of carbonyl (C=O) groups is 1. The first kappa shape index (κ1) is 15.7. The van der Waals surface area contributed by atoms with E-state index in [-0.39, 0.29) is 16.7 Å². The predicted molar refractivity (Wildman–Crippen MR) is 75.6 cm³/mol. The highest BCUT2D eigenvalue weighted by atomic mass is 32.2. The summed E-state index contributed by atoms with van der Waals surface area (Å²) in [6.45, 7) is 2.47. The monoisotopic (exact) mass is 284 g/mol. The lowest BCUT2D eigenvalue weighted by Crippen LogP contribution is -2.21. The quantitative estimate of drug-likeness (QED) is 0.826. The van der Waals surface area contributed by atoms with Crippen LogP contribution in [-0.2, 0) is 14.6 Å². The second kappa shape index (κ2) is 6.68. The topological polar surface area (TPSA) is 89.3 Å². The van der Waals surface area contributed by atoms with E-state index in [0.29, 0.717) is 18.7 Å². The summed E-state index contributed by atoms with van der Waals surface area (Å²) >= 11 is 0. The first-order valence-corrected chi connectivity index (χ1v) is 8.06. The van der Waals surface area contributed by atoms with Crippen LogP contribution in [0.25, 0.3) is 0 Å². The van der Waals surface area contributed by atoms with Crippen LogP contribution in [0.15, 0.2) is 29.2 Å². The van der Waals surface area contributed by atoms with E-state index >= 15 is 0 Å². The van der Waals surface area contributed by atoms with E-state index in [2.05, 4.69) is 5.32 Å². The maximum absolute atomic E-state index is 11.7. The van der Waals surface area contributed by atoms with E-state index in [1.165, 1.54) is 12.1 Å². The number of nitrogens with two attached hydrogens (primary N) is 1. The number of hydrogen-bond acceptors (Lipinski definition) is 4. The summed E-state index contributed by atoms with van der Waals surface area (Å²) in [5.74, 6) is 0.0692. The lowest BCUT2D eigenvalue weighted by Gasteiger charge is -2.12. The lowest BCUT2D eigenvalue weighted by molar-refractivity contribution is -0.117. The summed E-state index contributed by atoms with van der Waals surface area (Å²) in [4.78, 5) is 12.0. The number of sulfone groups is 1.